The summed E-state index contributed by atoms with van der Waals surface area (Å²) >= 11 is 0. The van der Waals surface area contributed by atoms with Crippen LogP contribution in [0.3, 0.4) is 0 Å². The lowest BCUT2D eigenvalue weighted by Gasteiger charge is -2.37. The van der Waals surface area contributed by atoms with Gasteiger partial charge in [-0.3, -0.25) is 0 Å². The molecule has 1 N–H and O–H groups in total. The SMILES string of the molecule is c1ccc(OC2CNC(C3N(c4ccccc4)CCN3c3ccccc3)C2)cc1. The van der Waals surface area contributed by atoms with Crippen LogP contribution in [0.5, 0.6) is 5.75 Å². The minimum atomic E-state index is 0.193. The summed E-state index contributed by atoms with van der Waals surface area (Å²) in [7, 11) is 0. The van der Waals surface area contributed by atoms with Gasteiger partial charge in [0.25, 0.3) is 0 Å². The molecule has 2 heterocycles. The summed E-state index contributed by atoms with van der Waals surface area (Å²) in [6.45, 7) is 2.92. The van der Waals surface area contributed by atoms with E-state index in [-0.39, 0.29) is 12.3 Å². The predicted molar refractivity (Wildman–Crippen MR) is 119 cm³/mol. The standard InChI is InChI=1S/C25H27N3O/c1-4-10-20(11-5-1)27-16-17-28(21-12-6-2-7-13-21)25(27)24-18-23(19-26-24)29-22-14-8-3-9-15-22/h1-15,23-26H,16-19H2. The van der Waals surface area contributed by atoms with Gasteiger partial charge >= 0.3 is 0 Å². The molecular weight excluding hydrogens is 358 g/mol. The van der Waals surface area contributed by atoms with Gasteiger partial charge in [-0.25, -0.2) is 0 Å². The topological polar surface area (TPSA) is 27.7 Å². The van der Waals surface area contributed by atoms with Crippen molar-refractivity contribution in [3.63, 3.8) is 0 Å². The Balaban J connectivity index is 1.39. The Bertz CT molecular complexity index is 856. The highest BCUT2D eigenvalue weighted by molar-refractivity contribution is 5.57. The Hall–Kier alpha value is -2.98. The van der Waals surface area contributed by atoms with Crippen molar-refractivity contribution in [2.45, 2.75) is 24.7 Å². The largest absolute Gasteiger partial charge is 0.489 e. The van der Waals surface area contributed by atoms with Crippen molar-refractivity contribution in [2.24, 2.45) is 0 Å². The van der Waals surface area contributed by atoms with Crippen LogP contribution in [0.15, 0.2) is 91.0 Å². The van der Waals surface area contributed by atoms with Gasteiger partial charge in [0.1, 0.15) is 18.0 Å². The number of nitrogens with one attached hydrogen (secondary N) is 1. The van der Waals surface area contributed by atoms with Crippen molar-refractivity contribution in [1.82, 2.24) is 5.32 Å². The van der Waals surface area contributed by atoms with Crippen LogP contribution >= 0.6 is 0 Å². The fourth-order valence-electron chi connectivity index (χ4n) is 4.63. The summed E-state index contributed by atoms with van der Waals surface area (Å²) in [4.78, 5) is 5.07. The third-order valence-corrected chi connectivity index (χ3v) is 5.93. The van der Waals surface area contributed by atoms with Gasteiger partial charge in [-0.05, 0) is 36.4 Å². The normalized spacial score (nSPS) is 22.2. The highest BCUT2D eigenvalue weighted by atomic mass is 16.5. The number of anilines is 2. The van der Waals surface area contributed by atoms with Crippen LogP contribution in [0.2, 0.25) is 0 Å². The van der Waals surface area contributed by atoms with E-state index in [4.69, 9.17) is 4.74 Å². The average Bonchev–Trinajstić information content (AvgIpc) is 3.43. The van der Waals surface area contributed by atoms with E-state index >= 15 is 0 Å². The average molecular weight is 386 g/mol. The van der Waals surface area contributed by atoms with Gasteiger partial charge in [0.05, 0.1) is 0 Å². The third-order valence-electron chi connectivity index (χ3n) is 5.93. The monoisotopic (exact) mass is 385 g/mol. The van der Waals surface area contributed by atoms with E-state index in [1.807, 2.05) is 30.3 Å². The molecule has 0 radical (unpaired) electrons. The molecule has 148 valence electrons. The maximum Gasteiger partial charge on any atom is 0.119 e. The summed E-state index contributed by atoms with van der Waals surface area (Å²) in [5.41, 5.74) is 2.57. The molecule has 29 heavy (non-hydrogen) atoms. The minimum Gasteiger partial charge on any atom is -0.489 e. The lowest BCUT2D eigenvalue weighted by Crippen LogP contribution is -2.51. The van der Waals surface area contributed by atoms with Crippen LogP contribution in [0, 0.1) is 0 Å². The van der Waals surface area contributed by atoms with E-state index < -0.39 is 0 Å². The number of benzene rings is 3. The van der Waals surface area contributed by atoms with Crippen molar-refractivity contribution in [3.05, 3.63) is 91.0 Å². The predicted octanol–water partition coefficient (Wildman–Crippen LogP) is 4.15. The second-order valence-electron chi connectivity index (χ2n) is 7.77. The Kier molecular flexibility index (Phi) is 5.10. The zero-order valence-electron chi connectivity index (χ0n) is 16.5. The first kappa shape index (κ1) is 18.1. The molecule has 4 nitrogen and oxygen atoms in total. The summed E-state index contributed by atoms with van der Waals surface area (Å²) in [6, 6.07) is 32.0. The molecule has 3 aromatic rings. The fourth-order valence-corrected chi connectivity index (χ4v) is 4.63. The summed E-state index contributed by atoms with van der Waals surface area (Å²) < 4.78 is 6.25. The molecule has 2 saturated heterocycles. The van der Waals surface area contributed by atoms with Crippen molar-refractivity contribution in [2.75, 3.05) is 29.4 Å². The van der Waals surface area contributed by atoms with Gasteiger partial charge < -0.3 is 19.9 Å². The molecule has 0 amide bonds. The van der Waals surface area contributed by atoms with E-state index in [0.29, 0.717) is 6.04 Å². The van der Waals surface area contributed by atoms with Crippen LogP contribution in [0.1, 0.15) is 6.42 Å². The minimum absolute atomic E-state index is 0.193. The number of rotatable bonds is 5. The van der Waals surface area contributed by atoms with E-state index in [0.717, 1.165) is 31.8 Å². The molecule has 3 aromatic carbocycles. The molecule has 0 aromatic heterocycles. The number of hydrogen-bond donors (Lipinski definition) is 1. The van der Waals surface area contributed by atoms with Crippen LogP contribution in [-0.2, 0) is 0 Å². The fraction of sp³-hybridized carbons (Fsp3) is 0.280. The van der Waals surface area contributed by atoms with E-state index in [2.05, 4.69) is 75.8 Å². The van der Waals surface area contributed by atoms with Gasteiger partial charge in [0.2, 0.25) is 0 Å². The second kappa shape index (κ2) is 8.18. The lowest BCUT2D eigenvalue weighted by atomic mass is 10.1. The Morgan fingerprint density at radius 3 is 1.76 bits per heavy atom. The molecule has 2 unspecified atom stereocenters. The smallest absolute Gasteiger partial charge is 0.119 e. The number of ether oxygens (including phenoxy) is 1. The molecule has 0 saturated carbocycles. The van der Waals surface area contributed by atoms with E-state index in [1.165, 1.54) is 11.4 Å². The van der Waals surface area contributed by atoms with E-state index in [1.54, 1.807) is 0 Å². The number of nitrogens with zero attached hydrogens (tertiary/aromatic N) is 2. The molecule has 2 fully saturated rings. The van der Waals surface area contributed by atoms with Crippen molar-refractivity contribution in [3.8, 4) is 5.75 Å². The molecule has 4 heteroatoms. The molecule has 2 atom stereocenters. The third kappa shape index (κ3) is 3.81. The number of para-hydroxylation sites is 3. The Morgan fingerprint density at radius 2 is 1.21 bits per heavy atom. The molecule has 5 rings (SSSR count). The van der Waals surface area contributed by atoms with Crippen LogP contribution in [0.4, 0.5) is 11.4 Å². The highest BCUT2D eigenvalue weighted by Crippen LogP contribution is 2.32. The summed E-state index contributed by atoms with van der Waals surface area (Å²) in [6.07, 6.45) is 1.45. The molecule has 0 aliphatic carbocycles. The molecule has 2 aliphatic heterocycles. The molecule has 0 bridgehead atoms. The first-order valence-electron chi connectivity index (χ1n) is 10.5. The molecule has 2 aliphatic rings. The first-order chi connectivity index (χ1) is 14.4. The summed E-state index contributed by atoms with van der Waals surface area (Å²) in [5, 5.41) is 3.76. The lowest BCUT2D eigenvalue weighted by molar-refractivity contribution is 0.218. The zero-order chi connectivity index (χ0) is 19.5. The highest BCUT2D eigenvalue weighted by Gasteiger charge is 2.42. The Morgan fingerprint density at radius 1 is 0.690 bits per heavy atom. The van der Waals surface area contributed by atoms with Gasteiger partial charge in [-0.1, -0.05) is 54.6 Å². The first-order valence-corrected chi connectivity index (χ1v) is 10.5. The maximum absolute atomic E-state index is 6.25. The van der Waals surface area contributed by atoms with Gasteiger partial charge in [0.15, 0.2) is 0 Å². The van der Waals surface area contributed by atoms with E-state index in [9.17, 15) is 0 Å². The number of hydrogen-bond acceptors (Lipinski definition) is 4. The second-order valence-corrected chi connectivity index (χ2v) is 7.77. The van der Waals surface area contributed by atoms with Gasteiger partial charge in [0, 0.05) is 43.5 Å². The van der Waals surface area contributed by atoms with Crippen molar-refractivity contribution >= 4 is 11.4 Å². The van der Waals surface area contributed by atoms with Crippen LogP contribution in [0.25, 0.3) is 0 Å². The van der Waals surface area contributed by atoms with Crippen LogP contribution in [-0.4, -0.2) is 37.9 Å². The van der Waals surface area contributed by atoms with Crippen molar-refractivity contribution in [1.29, 1.82) is 0 Å². The van der Waals surface area contributed by atoms with Gasteiger partial charge in [-0.2, -0.15) is 0 Å². The molecule has 0 spiro atoms. The summed E-state index contributed by atoms with van der Waals surface area (Å²) in [5.74, 6) is 0.950. The zero-order valence-corrected chi connectivity index (χ0v) is 16.5. The van der Waals surface area contributed by atoms with Crippen molar-refractivity contribution < 1.29 is 4.74 Å². The molecular formula is C25H27N3O. The Labute approximate surface area is 172 Å². The van der Waals surface area contributed by atoms with Crippen LogP contribution < -0.4 is 19.9 Å². The maximum atomic E-state index is 6.25. The van der Waals surface area contributed by atoms with Gasteiger partial charge in [-0.15, -0.1) is 0 Å². The quantitative estimate of drug-likeness (QED) is 0.714.